The number of aromatic hydroxyl groups is 1. The van der Waals surface area contributed by atoms with E-state index in [2.05, 4.69) is 34.4 Å². The molecule has 0 aliphatic heterocycles. The van der Waals surface area contributed by atoms with E-state index in [-0.39, 0.29) is 5.75 Å². The number of halogens is 2. The number of aryl methyl sites for hydroxylation is 1. The van der Waals surface area contributed by atoms with E-state index in [1.165, 1.54) is 16.9 Å². The van der Waals surface area contributed by atoms with Gasteiger partial charge in [0.2, 0.25) is 0 Å². The number of nitrogens with two attached hydrogens (primary N) is 1. The summed E-state index contributed by atoms with van der Waals surface area (Å²) < 4.78 is 2.90. The summed E-state index contributed by atoms with van der Waals surface area (Å²) >= 11 is 10.6. The molecule has 0 saturated carbocycles. The van der Waals surface area contributed by atoms with Gasteiger partial charge in [0.05, 0.1) is 15.9 Å². The predicted molar refractivity (Wildman–Crippen MR) is 122 cm³/mol. The van der Waals surface area contributed by atoms with Crippen molar-refractivity contribution >= 4 is 55.6 Å². The lowest BCUT2D eigenvalue weighted by atomic mass is 10.2. The molecule has 0 amide bonds. The molecule has 0 fully saturated rings. The first-order chi connectivity index (χ1) is 13.4. The molecule has 4 aromatic rings. The van der Waals surface area contributed by atoms with Crippen LogP contribution in [0.15, 0.2) is 65.9 Å². The van der Waals surface area contributed by atoms with Crippen LogP contribution in [0.25, 0.3) is 21.7 Å². The van der Waals surface area contributed by atoms with Gasteiger partial charge in [0.1, 0.15) is 17.1 Å². The van der Waals surface area contributed by atoms with Crippen LogP contribution in [0.5, 0.6) is 5.75 Å². The summed E-state index contributed by atoms with van der Waals surface area (Å²) in [7, 11) is 0. The Morgan fingerprint density at radius 2 is 2.04 bits per heavy atom. The Morgan fingerprint density at radius 3 is 2.64 bits per heavy atom. The third-order valence-corrected chi connectivity index (χ3v) is 6.14. The SMILES string of the molecule is C=C(N)c1sc(-n2cnc3cc(Br)ccc32)cc1O.CCc1ccccc1Cl. The smallest absolute Gasteiger partial charge is 0.137 e. The molecule has 2 heterocycles. The van der Waals surface area contributed by atoms with Gasteiger partial charge in [-0.05, 0) is 36.2 Å². The van der Waals surface area contributed by atoms with Crippen molar-refractivity contribution in [2.75, 3.05) is 0 Å². The largest absolute Gasteiger partial charge is 0.506 e. The van der Waals surface area contributed by atoms with Crippen molar-refractivity contribution in [3.8, 4) is 10.8 Å². The summed E-state index contributed by atoms with van der Waals surface area (Å²) in [5.74, 6) is 0.145. The maximum atomic E-state index is 9.85. The Bertz CT molecular complexity index is 1140. The van der Waals surface area contributed by atoms with Crippen molar-refractivity contribution in [2.45, 2.75) is 13.3 Å². The summed E-state index contributed by atoms with van der Waals surface area (Å²) in [5, 5.41) is 11.6. The van der Waals surface area contributed by atoms with Gasteiger partial charge in [-0.1, -0.05) is 59.2 Å². The Hall–Kier alpha value is -2.28. The summed E-state index contributed by atoms with van der Waals surface area (Å²) in [6, 6.07) is 15.5. The minimum absolute atomic E-state index is 0.145. The lowest BCUT2D eigenvalue weighted by Gasteiger charge is -1.99. The van der Waals surface area contributed by atoms with E-state index >= 15 is 0 Å². The van der Waals surface area contributed by atoms with Crippen LogP contribution in [-0.2, 0) is 6.42 Å². The van der Waals surface area contributed by atoms with Crippen molar-refractivity contribution < 1.29 is 5.11 Å². The van der Waals surface area contributed by atoms with E-state index in [0.29, 0.717) is 10.6 Å². The van der Waals surface area contributed by atoms with Crippen LogP contribution in [0.3, 0.4) is 0 Å². The second kappa shape index (κ2) is 8.82. The van der Waals surface area contributed by atoms with Crippen LogP contribution in [-0.4, -0.2) is 14.7 Å². The molecule has 4 rings (SSSR count). The first-order valence-electron chi connectivity index (χ1n) is 8.54. The molecule has 2 aromatic heterocycles. The van der Waals surface area contributed by atoms with E-state index in [4.69, 9.17) is 17.3 Å². The third kappa shape index (κ3) is 4.41. The molecule has 0 saturated heterocycles. The molecule has 0 radical (unpaired) electrons. The topological polar surface area (TPSA) is 64.1 Å². The van der Waals surface area contributed by atoms with Crippen LogP contribution in [0.2, 0.25) is 5.02 Å². The van der Waals surface area contributed by atoms with E-state index in [0.717, 1.165) is 32.0 Å². The van der Waals surface area contributed by atoms with Gasteiger partial charge >= 0.3 is 0 Å². The highest BCUT2D eigenvalue weighted by molar-refractivity contribution is 9.10. The molecule has 0 unspecified atom stereocenters. The molecule has 0 spiro atoms. The summed E-state index contributed by atoms with van der Waals surface area (Å²) in [5.41, 5.74) is 9.08. The molecule has 0 atom stereocenters. The van der Waals surface area contributed by atoms with Gasteiger partial charge in [-0.15, -0.1) is 11.3 Å². The molecular formula is C21H19BrClN3OS. The zero-order chi connectivity index (χ0) is 20.3. The third-order valence-electron chi connectivity index (χ3n) is 4.08. The molecule has 2 aromatic carbocycles. The maximum absolute atomic E-state index is 9.85. The average Bonchev–Trinajstić information content (AvgIpc) is 3.25. The molecule has 3 N–H and O–H groups in total. The minimum Gasteiger partial charge on any atom is -0.506 e. The Kier molecular flexibility index (Phi) is 6.44. The second-order valence-corrected chi connectivity index (χ2v) is 8.37. The highest BCUT2D eigenvalue weighted by atomic mass is 79.9. The van der Waals surface area contributed by atoms with Crippen LogP contribution < -0.4 is 5.73 Å². The van der Waals surface area contributed by atoms with Crippen molar-refractivity contribution in [3.05, 3.63) is 81.4 Å². The molecule has 0 aliphatic rings. The van der Waals surface area contributed by atoms with Gasteiger partial charge in [-0.25, -0.2) is 4.98 Å². The number of thiophene rings is 1. The standard InChI is InChI=1S/C13H10BrN3OS.C8H9Cl/c1-7(15)13-11(18)5-12(19-13)17-6-16-9-4-8(14)2-3-10(9)17;1-2-7-5-3-4-6-8(7)9/h2-6,18H,1,15H2;3-6H,2H2,1H3. The number of benzene rings is 2. The molecule has 7 heteroatoms. The monoisotopic (exact) mass is 475 g/mol. The van der Waals surface area contributed by atoms with Gasteiger partial charge in [-0.2, -0.15) is 0 Å². The summed E-state index contributed by atoms with van der Waals surface area (Å²) in [6.45, 7) is 5.75. The van der Waals surface area contributed by atoms with Crippen LogP contribution in [0.4, 0.5) is 0 Å². The minimum atomic E-state index is 0.145. The number of rotatable bonds is 3. The second-order valence-electron chi connectivity index (χ2n) is 6.02. The van der Waals surface area contributed by atoms with Crippen molar-refractivity contribution in [3.63, 3.8) is 0 Å². The van der Waals surface area contributed by atoms with Gasteiger partial charge < -0.3 is 10.8 Å². The average molecular weight is 477 g/mol. The van der Waals surface area contributed by atoms with Gasteiger partial charge in [0, 0.05) is 21.3 Å². The van der Waals surface area contributed by atoms with Crippen LogP contribution in [0.1, 0.15) is 17.4 Å². The number of aromatic nitrogens is 2. The lowest BCUT2D eigenvalue weighted by molar-refractivity contribution is 0.476. The molecule has 4 nitrogen and oxygen atoms in total. The molecular weight excluding hydrogens is 458 g/mol. The predicted octanol–water partition coefficient (Wildman–Crippen LogP) is 6.39. The van der Waals surface area contributed by atoms with E-state index in [1.807, 2.05) is 47.0 Å². The fraction of sp³-hybridized carbons (Fsp3) is 0.0952. The van der Waals surface area contributed by atoms with Gasteiger partial charge in [0.25, 0.3) is 0 Å². The first-order valence-corrected chi connectivity index (χ1v) is 10.5. The fourth-order valence-electron chi connectivity index (χ4n) is 2.66. The zero-order valence-corrected chi connectivity index (χ0v) is 18.4. The summed E-state index contributed by atoms with van der Waals surface area (Å²) in [4.78, 5) is 4.94. The Morgan fingerprint density at radius 1 is 1.29 bits per heavy atom. The summed E-state index contributed by atoms with van der Waals surface area (Å²) in [6.07, 6.45) is 2.74. The Labute approximate surface area is 181 Å². The molecule has 144 valence electrons. The first kappa shape index (κ1) is 20.5. The number of nitrogens with zero attached hydrogens (tertiary/aromatic N) is 2. The quantitative estimate of drug-likeness (QED) is 0.360. The van der Waals surface area contributed by atoms with E-state index < -0.39 is 0 Å². The molecule has 0 aliphatic carbocycles. The van der Waals surface area contributed by atoms with Crippen molar-refractivity contribution in [2.24, 2.45) is 5.73 Å². The van der Waals surface area contributed by atoms with Crippen LogP contribution in [0, 0.1) is 0 Å². The number of fused-ring (bicyclic) bond motifs is 1. The molecule has 0 bridgehead atoms. The number of hydrogen-bond donors (Lipinski definition) is 2. The van der Waals surface area contributed by atoms with Gasteiger partial charge in [0.15, 0.2) is 0 Å². The highest BCUT2D eigenvalue weighted by Gasteiger charge is 2.13. The van der Waals surface area contributed by atoms with E-state index in [9.17, 15) is 5.11 Å². The van der Waals surface area contributed by atoms with E-state index in [1.54, 1.807) is 12.4 Å². The van der Waals surface area contributed by atoms with Crippen LogP contribution >= 0.6 is 38.9 Å². The maximum Gasteiger partial charge on any atom is 0.137 e. The fourth-order valence-corrected chi connectivity index (χ4v) is 4.20. The number of hydrogen-bond acceptors (Lipinski definition) is 4. The highest BCUT2D eigenvalue weighted by Crippen LogP contribution is 2.35. The van der Waals surface area contributed by atoms with Crippen molar-refractivity contribution in [1.82, 2.24) is 9.55 Å². The molecule has 28 heavy (non-hydrogen) atoms. The lowest BCUT2D eigenvalue weighted by Crippen LogP contribution is -1.90. The normalized spacial score (nSPS) is 10.5. The van der Waals surface area contributed by atoms with Gasteiger partial charge in [-0.3, -0.25) is 4.57 Å². The Balaban J connectivity index is 0.000000211. The number of imidazole rings is 1. The van der Waals surface area contributed by atoms with Crippen molar-refractivity contribution in [1.29, 1.82) is 0 Å². The zero-order valence-electron chi connectivity index (χ0n) is 15.2.